The van der Waals surface area contributed by atoms with Crippen LogP contribution in [0.2, 0.25) is 0 Å². The van der Waals surface area contributed by atoms with E-state index in [1.165, 1.54) is 18.2 Å². The third kappa shape index (κ3) is 12.4. The summed E-state index contributed by atoms with van der Waals surface area (Å²) in [5.74, 6) is -1.71. The van der Waals surface area contributed by atoms with Crippen LogP contribution in [0.25, 0.3) is 43.9 Å². The molecule has 14 nitrogen and oxygen atoms in total. The van der Waals surface area contributed by atoms with Gasteiger partial charge in [0.1, 0.15) is 73.5 Å². The van der Waals surface area contributed by atoms with Crippen LogP contribution < -0.4 is 15.6 Å². The Morgan fingerprint density at radius 3 is 1.28 bits per heavy atom. The fourth-order valence-corrected chi connectivity index (χ4v) is 7.08. The van der Waals surface area contributed by atoms with Crippen LogP contribution in [0.1, 0.15) is 88.8 Å². The first-order valence-corrected chi connectivity index (χ1v) is 21.7. The first-order chi connectivity index (χ1) is 31.5. The Morgan fingerprint density at radius 1 is 0.567 bits per heavy atom. The summed E-state index contributed by atoms with van der Waals surface area (Å²) in [5.41, 5.74) is 7.24. The zero-order valence-corrected chi connectivity index (χ0v) is 40.0. The minimum atomic E-state index is -0.980. The van der Waals surface area contributed by atoms with Crippen LogP contribution in [0.15, 0.2) is 89.3 Å². The lowest BCUT2D eigenvalue weighted by atomic mass is 9.96. The third-order valence-electron chi connectivity index (χ3n) is 10.6. The number of carboxylic acids is 1. The number of allylic oxidation sites excluding steroid dienone is 8. The molecule has 356 valence electrons. The maximum absolute atomic E-state index is 13.7. The van der Waals surface area contributed by atoms with Gasteiger partial charge in [0.25, 0.3) is 6.47 Å². The van der Waals surface area contributed by atoms with Gasteiger partial charge in [-0.1, -0.05) is 46.6 Å². The Kier molecular flexibility index (Phi) is 17.9. The second-order valence-corrected chi connectivity index (χ2v) is 17.0. The monoisotopic (exact) mass is 940 g/mol. The quantitative estimate of drug-likeness (QED) is 0.0158. The lowest BCUT2D eigenvalue weighted by molar-refractivity contribution is -0.135. The van der Waals surface area contributed by atoms with E-state index < -0.39 is 11.4 Å². The van der Waals surface area contributed by atoms with Crippen LogP contribution in [0, 0.1) is 13.8 Å². The molecule has 67 heavy (non-hydrogen) atoms. The predicted molar refractivity (Wildman–Crippen MR) is 261 cm³/mol. The standard InChI is InChI=1S/C26H28O7.C24H26O5.C2H3ClO2/c1-14(2)6-8-17-16(5)20(32-13-31-12-27)11-22-23(17)26(30)24-21(33-22)10-19(28)18(25(24)29)9-7-15(3)4;1-12(2)6-8-15-14(5)17(25)10-19-21(15)24(28)22-20(29-19)11-18(26)16(23(22)27)9-7-13(3)4;3-1-2(4)5/h6-7,10-12,28-29H,8-9,13H2,1-5H3;6-7,10-11,25-27H,8-9H2,1-5H3;1H2,(H,4,5). The smallest absolute Gasteiger partial charge is 0.318 e. The Labute approximate surface area is 392 Å². The zero-order valence-electron chi connectivity index (χ0n) is 39.3. The first kappa shape index (κ1) is 52.4. The van der Waals surface area contributed by atoms with Gasteiger partial charge in [0.15, 0.2) is 0 Å². The number of phenols is 5. The Bertz CT molecular complexity index is 3110. The minimum absolute atomic E-state index is 0.0215. The molecule has 2 aromatic heterocycles. The Morgan fingerprint density at radius 2 is 0.910 bits per heavy atom. The number of phenolic OH excluding ortho intramolecular Hbond substituents is 5. The van der Waals surface area contributed by atoms with E-state index in [2.05, 4.69) is 4.74 Å². The molecule has 0 fully saturated rings. The van der Waals surface area contributed by atoms with Gasteiger partial charge in [-0.2, -0.15) is 0 Å². The molecular formula is C52H57ClO14. The molecule has 0 aliphatic rings. The molecule has 0 saturated heterocycles. The normalized spacial score (nSPS) is 10.7. The van der Waals surface area contributed by atoms with Crippen molar-refractivity contribution in [2.45, 2.75) is 94.9 Å². The highest BCUT2D eigenvalue weighted by Crippen LogP contribution is 2.40. The van der Waals surface area contributed by atoms with Crippen LogP contribution in [0.5, 0.6) is 34.5 Å². The molecule has 6 N–H and O–H groups in total. The predicted octanol–water partition coefficient (Wildman–Crippen LogP) is 10.9. The van der Waals surface area contributed by atoms with Gasteiger partial charge < -0.3 is 48.9 Å². The van der Waals surface area contributed by atoms with E-state index in [1.54, 1.807) is 13.0 Å². The van der Waals surface area contributed by atoms with Gasteiger partial charge in [0.2, 0.25) is 17.7 Å². The molecular weight excluding hydrogens is 884 g/mol. The van der Waals surface area contributed by atoms with Gasteiger partial charge in [-0.15, -0.1) is 11.6 Å². The van der Waals surface area contributed by atoms with Crippen molar-refractivity contribution in [3.8, 4) is 34.5 Å². The molecule has 0 saturated carbocycles. The van der Waals surface area contributed by atoms with Gasteiger partial charge in [0, 0.05) is 35.4 Å². The number of aromatic hydroxyl groups is 5. The summed E-state index contributed by atoms with van der Waals surface area (Å²) in [5, 5.41) is 61.2. The number of benzene rings is 4. The average Bonchev–Trinajstić information content (AvgIpc) is 3.23. The first-order valence-electron chi connectivity index (χ1n) is 21.2. The van der Waals surface area contributed by atoms with Crippen molar-refractivity contribution < 1.29 is 58.5 Å². The molecule has 6 rings (SSSR count). The van der Waals surface area contributed by atoms with E-state index in [4.69, 9.17) is 30.3 Å². The van der Waals surface area contributed by atoms with Gasteiger partial charge >= 0.3 is 5.97 Å². The molecule has 15 heteroatoms. The molecule has 6 aromatic rings. The number of rotatable bonds is 13. The highest BCUT2D eigenvalue weighted by Gasteiger charge is 2.24. The summed E-state index contributed by atoms with van der Waals surface area (Å²) in [6, 6.07) is 5.64. The van der Waals surface area contributed by atoms with E-state index in [0.29, 0.717) is 58.0 Å². The largest absolute Gasteiger partial charge is 0.508 e. The molecule has 0 amide bonds. The van der Waals surface area contributed by atoms with Crippen LogP contribution in [-0.4, -0.2) is 55.8 Å². The second kappa shape index (κ2) is 22.8. The molecule has 0 radical (unpaired) electrons. The van der Waals surface area contributed by atoms with Crippen molar-refractivity contribution in [1.82, 2.24) is 0 Å². The molecule has 4 aromatic carbocycles. The average molecular weight is 941 g/mol. The van der Waals surface area contributed by atoms with Gasteiger partial charge in [-0.25, -0.2) is 0 Å². The van der Waals surface area contributed by atoms with Gasteiger partial charge in [0.05, 0.1) is 10.8 Å². The topological polar surface area (TPSA) is 234 Å². The number of ether oxygens (including phenoxy) is 2. The molecule has 0 aliphatic carbocycles. The minimum Gasteiger partial charge on any atom is -0.508 e. The number of carboxylic acid groups (broad SMARTS) is 1. The van der Waals surface area contributed by atoms with Crippen molar-refractivity contribution in [3.63, 3.8) is 0 Å². The van der Waals surface area contributed by atoms with E-state index in [9.17, 15) is 44.7 Å². The van der Waals surface area contributed by atoms with Crippen LogP contribution in [-0.2, 0) is 40.0 Å². The van der Waals surface area contributed by atoms with Crippen molar-refractivity contribution in [3.05, 3.63) is 125 Å². The number of hydrogen-bond donors (Lipinski definition) is 6. The molecule has 0 spiro atoms. The van der Waals surface area contributed by atoms with Crippen LogP contribution in [0.3, 0.4) is 0 Å². The number of carbonyl (C=O) groups excluding carboxylic acids is 1. The fraction of sp³-hybridized carbons (Fsp3) is 0.308. The van der Waals surface area contributed by atoms with E-state index in [-0.39, 0.29) is 104 Å². The van der Waals surface area contributed by atoms with Gasteiger partial charge in [-0.05, 0) is 117 Å². The highest BCUT2D eigenvalue weighted by molar-refractivity contribution is 6.26. The van der Waals surface area contributed by atoms with Crippen LogP contribution in [0.4, 0.5) is 0 Å². The van der Waals surface area contributed by atoms with E-state index in [0.717, 1.165) is 22.3 Å². The molecule has 2 heterocycles. The maximum atomic E-state index is 13.7. The zero-order chi connectivity index (χ0) is 50.0. The van der Waals surface area contributed by atoms with Crippen molar-refractivity contribution >= 4 is 67.9 Å². The van der Waals surface area contributed by atoms with Gasteiger partial charge in [-0.3, -0.25) is 19.2 Å². The fourth-order valence-electron chi connectivity index (χ4n) is 7.08. The van der Waals surface area contributed by atoms with E-state index in [1.807, 2.05) is 86.6 Å². The molecule has 0 atom stereocenters. The summed E-state index contributed by atoms with van der Waals surface area (Å²) >= 11 is 4.74. The van der Waals surface area contributed by atoms with Crippen molar-refractivity contribution in [2.24, 2.45) is 0 Å². The lowest BCUT2D eigenvalue weighted by Gasteiger charge is -2.15. The lowest BCUT2D eigenvalue weighted by Crippen LogP contribution is -2.10. The molecule has 0 unspecified atom stereocenters. The number of carbonyl (C=O) groups is 2. The SMILES string of the molecule is CC(C)=CCc1c(O)cc2oc3cc(O)c(C)c(CC=C(C)C)c3c(=O)c2c1O.CC(C)=CCc1c(O)cc2oc3cc(OCOC=O)c(C)c(CC=C(C)C)c3c(=O)c2c1O.O=C(O)CCl. The Balaban J connectivity index is 0.000000267. The van der Waals surface area contributed by atoms with E-state index >= 15 is 0 Å². The third-order valence-corrected chi connectivity index (χ3v) is 10.9. The van der Waals surface area contributed by atoms with Crippen LogP contribution >= 0.6 is 11.6 Å². The number of aliphatic carboxylic acids is 1. The maximum Gasteiger partial charge on any atom is 0.318 e. The number of halogens is 1. The summed E-state index contributed by atoms with van der Waals surface area (Å²) in [4.78, 5) is 46.8. The number of hydrogen-bond acceptors (Lipinski definition) is 13. The Hall–Kier alpha value is -7.19. The van der Waals surface area contributed by atoms with Crippen molar-refractivity contribution in [2.75, 3.05) is 12.7 Å². The van der Waals surface area contributed by atoms with Crippen molar-refractivity contribution in [1.29, 1.82) is 0 Å². The number of alkyl halides is 1. The highest BCUT2D eigenvalue weighted by atomic mass is 35.5. The summed E-state index contributed by atoms with van der Waals surface area (Å²) in [7, 11) is 0. The molecule has 0 aliphatic heterocycles. The summed E-state index contributed by atoms with van der Waals surface area (Å²) in [6.07, 6.45) is 9.16. The molecule has 0 bridgehead atoms. The summed E-state index contributed by atoms with van der Waals surface area (Å²) in [6.45, 7) is 19.1. The summed E-state index contributed by atoms with van der Waals surface area (Å²) < 4.78 is 22.0. The second-order valence-electron chi connectivity index (χ2n) is 16.8. The number of fused-ring (bicyclic) bond motifs is 4.